The molecule has 50 valence electrons. The molecule has 8 heavy (non-hydrogen) atoms. The minimum atomic E-state index is 0.438. The first-order chi connectivity index (χ1) is 3.81. The summed E-state index contributed by atoms with van der Waals surface area (Å²) in [6, 6.07) is 0. The van der Waals surface area contributed by atoms with Gasteiger partial charge in [0.05, 0.1) is 6.67 Å². The summed E-state index contributed by atoms with van der Waals surface area (Å²) in [5.41, 5.74) is 2.38. The van der Waals surface area contributed by atoms with Gasteiger partial charge in [0.2, 0.25) is 0 Å². The lowest BCUT2D eigenvalue weighted by Crippen LogP contribution is -2.40. The van der Waals surface area contributed by atoms with Crippen molar-refractivity contribution in [2.45, 2.75) is 6.92 Å². The second kappa shape index (κ2) is 4.95. The van der Waals surface area contributed by atoms with Crippen LogP contribution in [0.25, 0.3) is 0 Å². The third kappa shape index (κ3) is 3.97. The SMILES string of the molecule is CCN(N)CNON. The number of hydroxylamine groups is 1. The molecule has 0 aliphatic heterocycles. The van der Waals surface area contributed by atoms with Crippen LogP contribution in [0.1, 0.15) is 6.92 Å². The van der Waals surface area contributed by atoms with Crippen molar-refractivity contribution in [2.24, 2.45) is 11.7 Å². The zero-order chi connectivity index (χ0) is 6.41. The molecule has 5 N–H and O–H groups in total. The lowest BCUT2D eigenvalue weighted by atomic mass is 10.7. The van der Waals surface area contributed by atoms with E-state index in [0.29, 0.717) is 6.67 Å². The number of hydrogen-bond donors (Lipinski definition) is 3. The van der Waals surface area contributed by atoms with Crippen molar-refractivity contribution in [2.75, 3.05) is 13.2 Å². The molecule has 0 spiro atoms. The van der Waals surface area contributed by atoms with Gasteiger partial charge >= 0.3 is 0 Å². The van der Waals surface area contributed by atoms with Gasteiger partial charge in [-0.2, -0.15) is 11.4 Å². The van der Waals surface area contributed by atoms with E-state index in [1.807, 2.05) is 6.92 Å². The van der Waals surface area contributed by atoms with Crippen molar-refractivity contribution in [1.82, 2.24) is 10.5 Å². The van der Waals surface area contributed by atoms with Crippen molar-refractivity contribution < 1.29 is 4.94 Å². The van der Waals surface area contributed by atoms with E-state index in [4.69, 9.17) is 5.84 Å². The van der Waals surface area contributed by atoms with Crippen LogP contribution >= 0.6 is 0 Å². The molecule has 5 nitrogen and oxygen atoms in total. The van der Waals surface area contributed by atoms with Gasteiger partial charge in [-0.3, -0.25) is 5.84 Å². The molecule has 0 aliphatic rings. The van der Waals surface area contributed by atoms with Crippen LogP contribution in [-0.4, -0.2) is 18.2 Å². The third-order valence-corrected chi connectivity index (χ3v) is 0.757. The number of nitrogens with one attached hydrogen (secondary N) is 1. The Morgan fingerprint density at radius 1 is 1.75 bits per heavy atom. The molecule has 0 aromatic carbocycles. The quantitative estimate of drug-likeness (QED) is 0.240. The fraction of sp³-hybridized carbons (Fsp3) is 1.00. The fourth-order valence-corrected chi connectivity index (χ4v) is 0.232. The molecule has 0 saturated carbocycles. The predicted octanol–water partition coefficient (Wildman–Crippen LogP) is -1.47. The van der Waals surface area contributed by atoms with E-state index in [1.165, 1.54) is 5.01 Å². The first-order valence-electron chi connectivity index (χ1n) is 2.39. The molecule has 0 bridgehead atoms. The fourth-order valence-electron chi connectivity index (χ4n) is 0.232. The molecule has 0 radical (unpaired) electrons. The lowest BCUT2D eigenvalue weighted by molar-refractivity contribution is 0.00851. The van der Waals surface area contributed by atoms with E-state index in [9.17, 15) is 0 Å². The van der Waals surface area contributed by atoms with Crippen molar-refractivity contribution in [1.29, 1.82) is 0 Å². The Hall–Kier alpha value is -0.200. The van der Waals surface area contributed by atoms with Crippen molar-refractivity contribution in [3.8, 4) is 0 Å². The highest BCUT2D eigenvalue weighted by Crippen LogP contribution is 1.67. The van der Waals surface area contributed by atoms with Gasteiger partial charge < -0.3 is 0 Å². The Bertz CT molecular complexity index is 50.5. The maximum absolute atomic E-state index is 5.29. The zero-order valence-corrected chi connectivity index (χ0v) is 4.92. The molecule has 0 heterocycles. The third-order valence-electron chi connectivity index (χ3n) is 0.757. The van der Waals surface area contributed by atoms with E-state index in [0.717, 1.165) is 6.54 Å². The number of nitrogens with zero attached hydrogens (tertiary/aromatic N) is 1. The van der Waals surface area contributed by atoms with Gasteiger partial charge in [0.25, 0.3) is 0 Å². The first-order valence-corrected chi connectivity index (χ1v) is 2.39. The van der Waals surface area contributed by atoms with Crippen LogP contribution in [0.3, 0.4) is 0 Å². The highest BCUT2D eigenvalue weighted by atomic mass is 16.8. The van der Waals surface area contributed by atoms with Crippen LogP contribution in [0.2, 0.25) is 0 Å². The summed E-state index contributed by atoms with van der Waals surface area (Å²) in [7, 11) is 0. The molecular formula is C3H12N4O. The molecule has 0 aromatic rings. The van der Waals surface area contributed by atoms with E-state index < -0.39 is 0 Å². The Labute approximate surface area is 48.5 Å². The molecule has 0 amide bonds. The van der Waals surface area contributed by atoms with E-state index in [-0.39, 0.29) is 0 Å². The monoisotopic (exact) mass is 120 g/mol. The highest BCUT2D eigenvalue weighted by molar-refractivity contribution is 4.32. The van der Waals surface area contributed by atoms with Gasteiger partial charge in [-0.15, -0.1) is 0 Å². The topological polar surface area (TPSA) is 76.5 Å². The normalized spacial score (nSPS) is 10.5. The van der Waals surface area contributed by atoms with E-state index in [1.54, 1.807) is 0 Å². The largest absolute Gasteiger partial charge is 0.268 e. The van der Waals surface area contributed by atoms with Crippen LogP contribution < -0.4 is 17.2 Å². The predicted molar refractivity (Wildman–Crippen MR) is 29.8 cm³/mol. The molecule has 0 atom stereocenters. The number of nitrogens with two attached hydrogens (primary N) is 2. The standard InChI is InChI=1S/C3H12N4O/c1-2-7(4)3-6-8-5/h6H,2-5H2,1H3. The molecule has 0 aromatic heterocycles. The summed E-state index contributed by atoms with van der Waals surface area (Å²) in [6.45, 7) is 3.13. The second-order valence-corrected chi connectivity index (χ2v) is 1.33. The molecule has 0 unspecified atom stereocenters. The Balaban J connectivity index is 2.86. The summed E-state index contributed by atoms with van der Waals surface area (Å²) in [5, 5.41) is 1.52. The van der Waals surface area contributed by atoms with Crippen LogP contribution in [0.15, 0.2) is 0 Å². The van der Waals surface area contributed by atoms with Gasteiger partial charge in [-0.05, 0) is 0 Å². The van der Waals surface area contributed by atoms with Gasteiger partial charge in [0, 0.05) is 6.54 Å². The molecule has 0 aliphatic carbocycles. The summed E-state index contributed by atoms with van der Waals surface area (Å²) in [6.07, 6.45) is 0. The Morgan fingerprint density at radius 3 is 2.75 bits per heavy atom. The smallest absolute Gasteiger partial charge is 0.0876 e. The minimum Gasteiger partial charge on any atom is -0.268 e. The van der Waals surface area contributed by atoms with Crippen LogP contribution in [0.5, 0.6) is 0 Å². The molecule has 5 heteroatoms. The van der Waals surface area contributed by atoms with Crippen molar-refractivity contribution in [3.63, 3.8) is 0 Å². The molecule has 0 fully saturated rings. The number of hydrogen-bond acceptors (Lipinski definition) is 5. The summed E-state index contributed by atoms with van der Waals surface area (Å²) in [4.78, 5) is 4.04. The average Bonchev–Trinajstić information content (AvgIpc) is 1.83. The van der Waals surface area contributed by atoms with Gasteiger partial charge in [0.1, 0.15) is 0 Å². The molecular weight excluding hydrogens is 108 g/mol. The van der Waals surface area contributed by atoms with Crippen molar-refractivity contribution in [3.05, 3.63) is 0 Å². The van der Waals surface area contributed by atoms with Gasteiger partial charge in [0.15, 0.2) is 0 Å². The van der Waals surface area contributed by atoms with Gasteiger partial charge in [-0.1, -0.05) is 6.92 Å². The summed E-state index contributed by atoms with van der Waals surface area (Å²) in [5.74, 6) is 9.93. The van der Waals surface area contributed by atoms with Crippen molar-refractivity contribution >= 4 is 0 Å². The molecule has 0 rings (SSSR count). The average molecular weight is 120 g/mol. The van der Waals surface area contributed by atoms with E-state index >= 15 is 0 Å². The lowest BCUT2D eigenvalue weighted by Gasteiger charge is -2.11. The minimum absolute atomic E-state index is 0.438. The Kier molecular flexibility index (Phi) is 4.82. The Morgan fingerprint density at radius 2 is 2.38 bits per heavy atom. The number of rotatable bonds is 4. The van der Waals surface area contributed by atoms with Crippen LogP contribution in [0.4, 0.5) is 0 Å². The van der Waals surface area contributed by atoms with E-state index in [2.05, 4.69) is 16.3 Å². The summed E-state index contributed by atoms with van der Waals surface area (Å²) < 4.78 is 0. The van der Waals surface area contributed by atoms with Crippen LogP contribution in [-0.2, 0) is 4.94 Å². The number of hydrazine groups is 1. The zero-order valence-electron chi connectivity index (χ0n) is 4.92. The van der Waals surface area contributed by atoms with Gasteiger partial charge in [-0.25, -0.2) is 9.95 Å². The molecule has 0 saturated heterocycles. The summed E-state index contributed by atoms with van der Waals surface area (Å²) >= 11 is 0. The maximum atomic E-state index is 5.29. The maximum Gasteiger partial charge on any atom is 0.0876 e. The second-order valence-electron chi connectivity index (χ2n) is 1.33. The van der Waals surface area contributed by atoms with Crippen LogP contribution in [0, 0.1) is 0 Å². The first kappa shape index (κ1) is 7.80. The highest BCUT2D eigenvalue weighted by Gasteiger charge is 1.89.